The Labute approximate surface area is 153 Å². The van der Waals surface area contributed by atoms with Gasteiger partial charge in [0.1, 0.15) is 6.10 Å². The molecule has 0 N–H and O–H groups in total. The van der Waals surface area contributed by atoms with Gasteiger partial charge in [0.2, 0.25) is 0 Å². The van der Waals surface area contributed by atoms with Crippen molar-refractivity contribution in [3.05, 3.63) is 35.4 Å². The summed E-state index contributed by atoms with van der Waals surface area (Å²) in [5.74, 6) is 1.80. The smallest absolute Gasteiger partial charge is 0.309 e. The maximum Gasteiger partial charge on any atom is 0.309 e. The van der Waals surface area contributed by atoms with Crippen LogP contribution in [0.1, 0.15) is 88.2 Å². The summed E-state index contributed by atoms with van der Waals surface area (Å²) >= 11 is 0. The van der Waals surface area contributed by atoms with Crippen LogP contribution in [0.25, 0.3) is 0 Å². The minimum atomic E-state index is 0.0815. The molecule has 1 saturated heterocycles. The van der Waals surface area contributed by atoms with Crippen LogP contribution in [0.3, 0.4) is 0 Å². The largest absolute Gasteiger partial charge is 0.462 e. The van der Waals surface area contributed by atoms with E-state index in [9.17, 15) is 4.79 Å². The molecule has 2 nitrogen and oxygen atoms in total. The van der Waals surface area contributed by atoms with Crippen LogP contribution in [0.2, 0.25) is 0 Å². The van der Waals surface area contributed by atoms with E-state index in [0.29, 0.717) is 0 Å². The van der Waals surface area contributed by atoms with Gasteiger partial charge in [0.25, 0.3) is 0 Å². The Hall–Kier alpha value is -1.31. The molecule has 1 heterocycles. The molecule has 2 atom stereocenters. The lowest BCUT2D eigenvalue weighted by atomic mass is 9.76. The molecular weight excluding hydrogens is 308 g/mol. The number of carbonyl (C=O) groups excluding carboxylic acids is 1. The van der Waals surface area contributed by atoms with Crippen LogP contribution in [-0.2, 0) is 9.53 Å². The summed E-state index contributed by atoms with van der Waals surface area (Å²) in [5, 5.41) is 0. The number of hydrogen-bond acceptors (Lipinski definition) is 2. The highest BCUT2D eigenvalue weighted by Crippen LogP contribution is 2.38. The van der Waals surface area contributed by atoms with E-state index in [1.165, 1.54) is 43.2 Å². The van der Waals surface area contributed by atoms with Gasteiger partial charge in [0, 0.05) is 0 Å². The van der Waals surface area contributed by atoms with Crippen molar-refractivity contribution >= 4 is 5.97 Å². The lowest BCUT2D eigenvalue weighted by molar-refractivity contribution is -0.161. The first-order chi connectivity index (χ1) is 12.2. The number of hydrogen-bond donors (Lipinski definition) is 0. The molecule has 0 radical (unpaired) electrons. The molecule has 0 bridgehead atoms. The van der Waals surface area contributed by atoms with Crippen molar-refractivity contribution < 1.29 is 9.53 Å². The zero-order chi connectivity index (χ0) is 17.6. The van der Waals surface area contributed by atoms with E-state index in [-0.39, 0.29) is 18.0 Å². The van der Waals surface area contributed by atoms with Crippen molar-refractivity contribution in [3.63, 3.8) is 0 Å². The van der Waals surface area contributed by atoms with E-state index in [0.717, 1.165) is 43.9 Å². The van der Waals surface area contributed by atoms with Crippen LogP contribution < -0.4 is 0 Å². The maximum absolute atomic E-state index is 12.2. The third-order valence-electron chi connectivity index (χ3n) is 6.38. The highest BCUT2D eigenvalue weighted by molar-refractivity contribution is 5.73. The molecule has 1 aromatic rings. The average molecular weight is 343 g/mol. The standard InChI is InChI=1S/C23H34O2/c1-3-4-22-16-15-21(23(24)25-22)14-9-18-7-12-20(13-8-18)19-10-5-17(2)6-11-19/h5-6,10-11,18,20-22H,3-4,7-9,12-16H2,1-2H3. The third-order valence-corrected chi connectivity index (χ3v) is 6.38. The Kier molecular flexibility index (Phi) is 6.56. The van der Waals surface area contributed by atoms with Crippen LogP contribution >= 0.6 is 0 Å². The van der Waals surface area contributed by atoms with Crippen LogP contribution in [0, 0.1) is 18.8 Å². The lowest BCUT2D eigenvalue weighted by Gasteiger charge is -2.31. The Bertz CT molecular complexity index is 540. The predicted octanol–water partition coefficient (Wildman–Crippen LogP) is 6.17. The van der Waals surface area contributed by atoms with Gasteiger partial charge < -0.3 is 4.74 Å². The predicted molar refractivity (Wildman–Crippen MR) is 103 cm³/mol. The Morgan fingerprint density at radius 1 is 0.920 bits per heavy atom. The summed E-state index contributed by atoms with van der Waals surface area (Å²) in [5.41, 5.74) is 2.86. The molecule has 1 aromatic carbocycles. The van der Waals surface area contributed by atoms with Crippen molar-refractivity contribution in [1.82, 2.24) is 0 Å². The normalized spacial score (nSPS) is 30.1. The van der Waals surface area contributed by atoms with E-state index in [2.05, 4.69) is 38.1 Å². The van der Waals surface area contributed by atoms with Gasteiger partial charge in [0.15, 0.2) is 0 Å². The van der Waals surface area contributed by atoms with Gasteiger partial charge in [-0.15, -0.1) is 0 Å². The monoisotopic (exact) mass is 342 g/mol. The van der Waals surface area contributed by atoms with E-state index >= 15 is 0 Å². The van der Waals surface area contributed by atoms with Gasteiger partial charge in [-0.2, -0.15) is 0 Å². The second-order valence-electron chi connectivity index (χ2n) is 8.33. The number of carbonyl (C=O) groups is 1. The molecule has 1 saturated carbocycles. The molecule has 138 valence electrons. The summed E-state index contributed by atoms with van der Waals surface area (Å²) in [7, 11) is 0. The quantitative estimate of drug-likeness (QED) is 0.578. The molecule has 0 amide bonds. The number of ether oxygens (including phenoxy) is 1. The molecule has 1 aliphatic heterocycles. The third kappa shape index (κ3) is 5.09. The first kappa shape index (κ1) is 18.5. The van der Waals surface area contributed by atoms with Gasteiger partial charge in [-0.3, -0.25) is 4.79 Å². The van der Waals surface area contributed by atoms with Gasteiger partial charge in [-0.1, -0.05) is 43.2 Å². The first-order valence-electron chi connectivity index (χ1n) is 10.4. The molecule has 2 fully saturated rings. The number of esters is 1. The molecule has 2 aliphatic rings. The topological polar surface area (TPSA) is 26.3 Å². The maximum atomic E-state index is 12.2. The minimum Gasteiger partial charge on any atom is -0.462 e. The SMILES string of the molecule is CCCC1CCC(CCC2CCC(c3ccc(C)cc3)CC2)C(=O)O1. The van der Waals surface area contributed by atoms with Crippen molar-refractivity contribution in [2.45, 2.75) is 90.1 Å². The van der Waals surface area contributed by atoms with Crippen molar-refractivity contribution in [3.8, 4) is 0 Å². The van der Waals surface area contributed by atoms with E-state index in [1.807, 2.05) is 0 Å². The fraction of sp³-hybridized carbons (Fsp3) is 0.696. The zero-order valence-corrected chi connectivity index (χ0v) is 16.0. The minimum absolute atomic E-state index is 0.0815. The van der Waals surface area contributed by atoms with Crippen LogP contribution in [0.5, 0.6) is 0 Å². The summed E-state index contributed by atoms with van der Waals surface area (Å²) in [6.07, 6.45) is 11.9. The van der Waals surface area contributed by atoms with Gasteiger partial charge in [-0.25, -0.2) is 0 Å². The number of aryl methyl sites for hydroxylation is 1. The number of cyclic esters (lactones) is 1. The molecule has 0 aromatic heterocycles. The summed E-state index contributed by atoms with van der Waals surface area (Å²) < 4.78 is 5.62. The number of rotatable bonds is 6. The highest BCUT2D eigenvalue weighted by Gasteiger charge is 2.30. The van der Waals surface area contributed by atoms with E-state index in [1.54, 1.807) is 0 Å². The van der Waals surface area contributed by atoms with E-state index < -0.39 is 0 Å². The molecule has 1 aliphatic carbocycles. The molecule has 2 unspecified atom stereocenters. The second kappa shape index (κ2) is 8.87. The van der Waals surface area contributed by atoms with Crippen LogP contribution in [0.15, 0.2) is 24.3 Å². The first-order valence-corrected chi connectivity index (χ1v) is 10.4. The summed E-state index contributed by atoms with van der Waals surface area (Å²) in [4.78, 5) is 12.2. The summed E-state index contributed by atoms with van der Waals surface area (Å²) in [6, 6.07) is 9.10. The fourth-order valence-electron chi connectivity index (χ4n) is 4.67. The molecule has 0 spiro atoms. The molecule has 25 heavy (non-hydrogen) atoms. The van der Waals surface area contributed by atoms with Gasteiger partial charge >= 0.3 is 5.97 Å². The summed E-state index contributed by atoms with van der Waals surface area (Å²) in [6.45, 7) is 4.31. The van der Waals surface area contributed by atoms with Gasteiger partial charge in [-0.05, 0) is 82.1 Å². The van der Waals surface area contributed by atoms with E-state index in [4.69, 9.17) is 4.74 Å². The number of benzene rings is 1. The van der Waals surface area contributed by atoms with Crippen molar-refractivity contribution in [2.24, 2.45) is 11.8 Å². The second-order valence-corrected chi connectivity index (χ2v) is 8.33. The molecule has 2 heteroatoms. The zero-order valence-electron chi connectivity index (χ0n) is 16.0. The average Bonchev–Trinajstić information content (AvgIpc) is 2.62. The Morgan fingerprint density at radius 2 is 1.64 bits per heavy atom. The van der Waals surface area contributed by atoms with Crippen molar-refractivity contribution in [1.29, 1.82) is 0 Å². The Morgan fingerprint density at radius 3 is 2.28 bits per heavy atom. The molecule has 3 rings (SSSR count). The fourth-order valence-corrected chi connectivity index (χ4v) is 4.67. The lowest BCUT2D eigenvalue weighted by Crippen LogP contribution is -2.31. The van der Waals surface area contributed by atoms with Crippen molar-refractivity contribution in [2.75, 3.05) is 0 Å². The molecular formula is C23H34O2. The Balaban J connectivity index is 1.39. The van der Waals surface area contributed by atoms with Crippen LogP contribution in [0.4, 0.5) is 0 Å². The van der Waals surface area contributed by atoms with Crippen LogP contribution in [-0.4, -0.2) is 12.1 Å². The van der Waals surface area contributed by atoms with Gasteiger partial charge in [0.05, 0.1) is 5.92 Å². The highest BCUT2D eigenvalue weighted by atomic mass is 16.5.